The zero-order valence-corrected chi connectivity index (χ0v) is 19.7. The summed E-state index contributed by atoms with van der Waals surface area (Å²) in [6.45, 7) is 2.29. The van der Waals surface area contributed by atoms with Crippen LogP contribution < -0.4 is 0 Å². The smallest absolute Gasteiger partial charge is 0.0181 e. The molecule has 0 aliphatic rings. The largest absolute Gasteiger partial charge is 0.0885 e. The number of allylic oxidation sites excluding steroid dienone is 2. The van der Waals surface area contributed by atoms with Crippen LogP contribution in [0.4, 0.5) is 0 Å². The number of unbranched alkanes of at least 4 members (excludes halogenated alkanes) is 14. The van der Waals surface area contributed by atoms with Gasteiger partial charge in [0.15, 0.2) is 0 Å². The van der Waals surface area contributed by atoms with E-state index in [0.29, 0.717) is 0 Å². The highest BCUT2D eigenvalue weighted by Crippen LogP contribution is 2.18. The van der Waals surface area contributed by atoms with Gasteiger partial charge >= 0.3 is 0 Å². The van der Waals surface area contributed by atoms with Crippen molar-refractivity contribution in [1.29, 1.82) is 0 Å². The standard InChI is InChI=1S/C30H46/c1-2-3-4-5-6-7-8-9-10-11-12-13-14-15-16-17-18-19-22-28-25-26-29-23-20-21-24-30(29)27-28/h11-12,20-21,23-27H,2-10,13-19,22H2,1H3/b12-11+. The Hall–Kier alpha value is -1.56. The summed E-state index contributed by atoms with van der Waals surface area (Å²) in [6, 6.07) is 15.6. The third-order valence-electron chi connectivity index (χ3n) is 6.29. The van der Waals surface area contributed by atoms with E-state index in [0.717, 1.165) is 0 Å². The van der Waals surface area contributed by atoms with Gasteiger partial charge in [-0.05, 0) is 54.9 Å². The third kappa shape index (κ3) is 11.6. The molecule has 0 radical (unpaired) electrons. The highest BCUT2D eigenvalue weighted by Gasteiger charge is 1.97. The van der Waals surface area contributed by atoms with Gasteiger partial charge in [-0.2, -0.15) is 0 Å². The van der Waals surface area contributed by atoms with Gasteiger partial charge in [-0.15, -0.1) is 0 Å². The first kappa shape index (κ1) is 24.7. The summed E-state index contributed by atoms with van der Waals surface area (Å²) in [6.07, 6.45) is 28.3. The predicted octanol–water partition coefficient (Wildman–Crippen LogP) is 10.2. The summed E-state index contributed by atoms with van der Waals surface area (Å²) in [5.74, 6) is 0. The molecule has 0 fully saturated rings. The van der Waals surface area contributed by atoms with Gasteiger partial charge in [0.25, 0.3) is 0 Å². The summed E-state index contributed by atoms with van der Waals surface area (Å²) < 4.78 is 0. The van der Waals surface area contributed by atoms with Gasteiger partial charge in [0, 0.05) is 0 Å². The minimum Gasteiger partial charge on any atom is -0.0885 e. The van der Waals surface area contributed by atoms with Gasteiger partial charge < -0.3 is 0 Å². The highest BCUT2D eigenvalue weighted by atomic mass is 14.0. The minimum atomic E-state index is 1.23. The van der Waals surface area contributed by atoms with E-state index in [2.05, 4.69) is 61.5 Å². The fourth-order valence-electron chi connectivity index (χ4n) is 4.32. The van der Waals surface area contributed by atoms with Crippen molar-refractivity contribution >= 4 is 10.8 Å². The Morgan fingerprint density at radius 2 is 1.07 bits per heavy atom. The number of fused-ring (bicyclic) bond motifs is 1. The average Bonchev–Trinajstić information content (AvgIpc) is 2.78. The van der Waals surface area contributed by atoms with Crippen LogP contribution in [0, 0.1) is 0 Å². The zero-order chi connectivity index (χ0) is 21.1. The molecule has 2 aromatic carbocycles. The maximum Gasteiger partial charge on any atom is -0.0181 e. The quantitative estimate of drug-likeness (QED) is 0.170. The van der Waals surface area contributed by atoms with E-state index in [-0.39, 0.29) is 0 Å². The molecule has 0 unspecified atom stereocenters. The minimum absolute atomic E-state index is 1.23. The maximum atomic E-state index is 2.43. The Labute approximate surface area is 187 Å². The molecule has 0 saturated heterocycles. The van der Waals surface area contributed by atoms with Crippen LogP contribution in [0.5, 0.6) is 0 Å². The topological polar surface area (TPSA) is 0 Å². The summed E-state index contributed by atoms with van der Waals surface area (Å²) in [5.41, 5.74) is 1.50. The summed E-state index contributed by atoms with van der Waals surface area (Å²) in [7, 11) is 0. The van der Waals surface area contributed by atoms with Crippen LogP contribution in [0.2, 0.25) is 0 Å². The molecule has 0 aliphatic heterocycles. The van der Waals surface area contributed by atoms with E-state index >= 15 is 0 Å². The molecule has 0 aromatic heterocycles. The van der Waals surface area contributed by atoms with Crippen molar-refractivity contribution in [3.8, 4) is 0 Å². The Kier molecular flexibility index (Phi) is 14.1. The van der Waals surface area contributed by atoms with Gasteiger partial charge in [-0.1, -0.05) is 132 Å². The van der Waals surface area contributed by atoms with Crippen molar-refractivity contribution in [3.05, 3.63) is 60.2 Å². The summed E-state index contributed by atoms with van der Waals surface area (Å²) in [4.78, 5) is 0. The second kappa shape index (κ2) is 17.2. The second-order valence-corrected chi connectivity index (χ2v) is 9.08. The van der Waals surface area contributed by atoms with E-state index in [1.807, 2.05) is 0 Å². The Morgan fingerprint density at radius 1 is 0.533 bits per heavy atom. The molecule has 166 valence electrons. The highest BCUT2D eigenvalue weighted by molar-refractivity contribution is 5.82. The lowest BCUT2D eigenvalue weighted by molar-refractivity contribution is 0.577. The third-order valence-corrected chi connectivity index (χ3v) is 6.29. The molecule has 2 rings (SSSR count). The fourth-order valence-corrected chi connectivity index (χ4v) is 4.32. The molecule has 0 aliphatic carbocycles. The SMILES string of the molecule is CCCCCCCCCC/C=C/CCCCCCCCc1ccc2ccccc2c1. The zero-order valence-electron chi connectivity index (χ0n) is 19.7. The summed E-state index contributed by atoms with van der Waals surface area (Å²) >= 11 is 0. The first-order valence-corrected chi connectivity index (χ1v) is 13.0. The average molecular weight is 407 g/mol. The molecule has 0 spiro atoms. The van der Waals surface area contributed by atoms with Crippen LogP contribution in [0.1, 0.15) is 115 Å². The molecule has 0 bridgehead atoms. The molecule has 0 nitrogen and oxygen atoms in total. The number of aryl methyl sites for hydroxylation is 1. The van der Waals surface area contributed by atoms with E-state index in [1.165, 1.54) is 125 Å². The molecular weight excluding hydrogens is 360 g/mol. The normalized spacial score (nSPS) is 11.6. The molecule has 0 heteroatoms. The lowest BCUT2D eigenvalue weighted by Gasteiger charge is -2.04. The molecule has 0 saturated carbocycles. The van der Waals surface area contributed by atoms with Crippen molar-refractivity contribution in [2.24, 2.45) is 0 Å². The van der Waals surface area contributed by atoms with Gasteiger partial charge in [-0.3, -0.25) is 0 Å². The molecule has 30 heavy (non-hydrogen) atoms. The fraction of sp³-hybridized carbons (Fsp3) is 0.600. The van der Waals surface area contributed by atoms with Crippen molar-refractivity contribution in [1.82, 2.24) is 0 Å². The molecule has 0 amide bonds. The van der Waals surface area contributed by atoms with Gasteiger partial charge in [-0.25, -0.2) is 0 Å². The predicted molar refractivity (Wildman–Crippen MR) is 136 cm³/mol. The van der Waals surface area contributed by atoms with Crippen molar-refractivity contribution in [2.75, 3.05) is 0 Å². The number of benzene rings is 2. The van der Waals surface area contributed by atoms with Crippen molar-refractivity contribution < 1.29 is 0 Å². The lowest BCUT2D eigenvalue weighted by Crippen LogP contribution is -1.87. The van der Waals surface area contributed by atoms with Crippen LogP contribution in [0.15, 0.2) is 54.6 Å². The first-order chi connectivity index (χ1) is 14.9. The van der Waals surface area contributed by atoms with E-state index in [4.69, 9.17) is 0 Å². The van der Waals surface area contributed by atoms with Crippen molar-refractivity contribution in [2.45, 2.75) is 116 Å². The molecule has 2 aromatic rings. The van der Waals surface area contributed by atoms with E-state index in [9.17, 15) is 0 Å². The first-order valence-electron chi connectivity index (χ1n) is 13.0. The van der Waals surface area contributed by atoms with Crippen LogP contribution >= 0.6 is 0 Å². The number of hydrogen-bond donors (Lipinski definition) is 0. The van der Waals surface area contributed by atoms with Gasteiger partial charge in [0.2, 0.25) is 0 Å². The number of rotatable bonds is 18. The molecule has 0 N–H and O–H groups in total. The maximum absolute atomic E-state index is 2.43. The van der Waals surface area contributed by atoms with Crippen LogP contribution in [0.25, 0.3) is 10.8 Å². The van der Waals surface area contributed by atoms with Crippen molar-refractivity contribution in [3.63, 3.8) is 0 Å². The van der Waals surface area contributed by atoms with Gasteiger partial charge in [0.1, 0.15) is 0 Å². The summed E-state index contributed by atoms with van der Waals surface area (Å²) in [5, 5.41) is 2.73. The molecule has 0 heterocycles. The lowest BCUT2D eigenvalue weighted by atomic mass is 10.0. The monoisotopic (exact) mass is 406 g/mol. The Morgan fingerprint density at radius 3 is 1.70 bits per heavy atom. The van der Waals surface area contributed by atoms with E-state index < -0.39 is 0 Å². The molecule has 0 atom stereocenters. The van der Waals surface area contributed by atoms with E-state index in [1.54, 1.807) is 0 Å². The van der Waals surface area contributed by atoms with Crippen LogP contribution in [0.3, 0.4) is 0 Å². The Balaban J connectivity index is 1.35. The van der Waals surface area contributed by atoms with Crippen LogP contribution in [-0.4, -0.2) is 0 Å². The van der Waals surface area contributed by atoms with Gasteiger partial charge in [0.05, 0.1) is 0 Å². The second-order valence-electron chi connectivity index (χ2n) is 9.08. The molecular formula is C30H46. The number of hydrogen-bond acceptors (Lipinski definition) is 0. The van der Waals surface area contributed by atoms with Crippen LogP contribution in [-0.2, 0) is 6.42 Å². The Bertz CT molecular complexity index is 681.